The van der Waals surface area contributed by atoms with Gasteiger partial charge in [0.15, 0.2) is 5.16 Å². The summed E-state index contributed by atoms with van der Waals surface area (Å²) in [6.45, 7) is 3.86. The molecule has 0 spiro atoms. The largest absolute Gasteiger partial charge is 0.399 e. The van der Waals surface area contributed by atoms with Gasteiger partial charge in [-0.15, -0.1) is 5.10 Å². The van der Waals surface area contributed by atoms with Crippen molar-refractivity contribution in [1.29, 1.82) is 0 Å². The molecule has 0 aliphatic rings. The third kappa shape index (κ3) is 2.49. The molecule has 3 rings (SSSR count). The van der Waals surface area contributed by atoms with Crippen LogP contribution in [0.3, 0.4) is 0 Å². The Morgan fingerprint density at radius 1 is 1.33 bits per heavy atom. The minimum atomic E-state index is -0.231. The van der Waals surface area contributed by atoms with Crippen molar-refractivity contribution < 1.29 is 0 Å². The number of fused-ring (bicyclic) bond motifs is 1. The second-order valence-electron chi connectivity index (χ2n) is 4.83. The van der Waals surface area contributed by atoms with E-state index in [0.29, 0.717) is 15.9 Å². The first-order valence-electron chi connectivity index (χ1n) is 6.41. The summed E-state index contributed by atoms with van der Waals surface area (Å²) in [5, 5.41) is 8.65. The van der Waals surface area contributed by atoms with E-state index < -0.39 is 0 Å². The van der Waals surface area contributed by atoms with E-state index in [2.05, 4.69) is 20.2 Å². The molecule has 0 saturated carbocycles. The minimum absolute atomic E-state index is 0.0110. The van der Waals surface area contributed by atoms with Crippen LogP contribution in [0.1, 0.15) is 19.9 Å². The van der Waals surface area contributed by atoms with Gasteiger partial charge in [0.1, 0.15) is 11.4 Å². The Balaban J connectivity index is 2.11. The number of rotatable bonds is 3. The van der Waals surface area contributed by atoms with Gasteiger partial charge < -0.3 is 5.73 Å². The van der Waals surface area contributed by atoms with Crippen molar-refractivity contribution in [3.8, 4) is 0 Å². The first kappa shape index (κ1) is 13.6. The van der Waals surface area contributed by atoms with Crippen molar-refractivity contribution in [1.82, 2.24) is 24.7 Å². The Bertz CT molecular complexity index is 853. The zero-order valence-electron chi connectivity index (χ0n) is 11.6. The zero-order valence-corrected chi connectivity index (χ0v) is 12.4. The van der Waals surface area contributed by atoms with E-state index in [1.54, 1.807) is 10.6 Å². The second-order valence-corrected chi connectivity index (χ2v) is 5.79. The number of nitrogen functional groups attached to an aromatic ring is 1. The van der Waals surface area contributed by atoms with Crippen molar-refractivity contribution in [3.63, 3.8) is 0 Å². The lowest BCUT2D eigenvalue weighted by atomic mass is 10.2. The number of hydrogen-bond acceptors (Lipinski definition) is 6. The smallest absolute Gasteiger partial charge is 0.344 e. The van der Waals surface area contributed by atoms with Crippen molar-refractivity contribution in [2.24, 2.45) is 0 Å². The lowest BCUT2D eigenvalue weighted by Gasteiger charge is -2.09. The predicted octanol–water partition coefficient (Wildman–Crippen LogP) is 1.83. The lowest BCUT2D eigenvalue weighted by molar-refractivity contribution is 0.534. The highest BCUT2D eigenvalue weighted by atomic mass is 32.2. The molecule has 108 valence electrons. The van der Waals surface area contributed by atoms with E-state index in [1.165, 1.54) is 18.1 Å². The van der Waals surface area contributed by atoms with Gasteiger partial charge in [0.25, 0.3) is 0 Å². The first-order valence-corrected chi connectivity index (χ1v) is 7.23. The van der Waals surface area contributed by atoms with Crippen LogP contribution < -0.4 is 11.4 Å². The molecule has 3 aromatic rings. The van der Waals surface area contributed by atoms with Crippen molar-refractivity contribution >= 4 is 28.4 Å². The SMILES string of the molecule is CC(C)n1c(Sc2ncnc3ccc(N)cc23)n[nH]c1=O. The predicted molar refractivity (Wildman–Crippen MR) is 81.3 cm³/mol. The number of aromatic nitrogens is 5. The molecule has 0 saturated heterocycles. The molecule has 7 nitrogen and oxygen atoms in total. The van der Waals surface area contributed by atoms with Gasteiger partial charge in [-0.1, -0.05) is 0 Å². The lowest BCUT2D eigenvalue weighted by Crippen LogP contribution is -2.19. The van der Waals surface area contributed by atoms with Crippen LogP contribution in [0.15, 0.2) is 39.5 Å². The van der Waals surface area contributed by atoms with Gasteiger partial charge in [-0.3, -0.25) is 4.57 Å². The number of H-pyrrole nitrogens is 1. The second kappa shape index (κ2) is 5.21. The summed E-state index contributed by atoms with van der Waals surface area (Å²) >= 11 is 1.32. The van der Waals surface area contributed by atoms with Gasteiger partial charge in [-0.25, -0.2) is 19.9 Å². The molecule has 0 aliphatic carbocycles. The number of nitrogens with one attached hydrogen (secondary N) is 1. The summed E-state index contributed by atoms with van der Waals surface area (Å²) in [5.41, 5.74) is 7.04. The Kier molecular flexibility index (Phi) is 3.38. The average Bonchev–Trinajstić information content (AvgIpc) is 2.80. The third-order valence-corrected chi connectivity index (χ3v) is 3.99. The normalized spacial score (nSPS) is 11.4. The molecule has 0 aliphatic heterocycles. The maximum Gasteiger partial charge on any atom is 0.344 e. The van der Waals surface area contributed by atoms with Crippen molar-refractivity contribution in [3.05, 3.63) is 35.0 Å². The maximum atomic E-state index is 11.8. The Labute approximate surface area is 124 Å². The van der Waals surface area contributed by atoms with E-state index in [1.807, 2.05) is 26.0 Å². The summed E-state index contributed by atoms with van der Waals surface area (Å²) in [5.74, 6) is 0. The molecule has 8 heteroatoms. The third-order valence-electron chi connectivity index (χ3n) is 3.00. The minimum Gasteiger partial charge on any atom is -0.399 e. The number of nitrogens with two attached hydrogens (primary N) is 1. The van der Waals surface area contributed by atoms with E-state index in [0.717, 1.165) is 10.9 Å². The van der Waals surface area contributed by atoms with E-state index in [9.17, 15) is 4.79 Å². The molecule has 2 heterocycles. The summed E-state index contributed by atoms with van der Waals surface area (Å²) in [7, 11) is 0. The fourth-order valence-electron chi connectivity index (χ4n) is 2.04. The summed E-state index contributed by atoms with van der Waals surface area (Å²) in [4.78, 5) is 20.3. The molecular formula is C13H14N6OS. The number of hydrogen-bond donors (Lipinski definition) is 2. The zero-order chi connectivity index (χ0) is 15.0. The highest BCUT2D eigenvalue weighted by Crippen LogP contribution is 2.30. The Morgan fingerprint density at radius 2 is 2.14 bits per heavy atom. The monoisotopic (exact) mass is 302 g/mol. The van der Waals surface area contributed by atoms with Gasteiger partial charge in [0, 0.05) is 17.1 Å². The Morgan fingerprint density at radius 3 is 2.90 bits per heavy atom. The summed E-state index contributed by atoms with van der Waals surface area (Å²) in [6.07, 6.45) is 1.49. The molecule has 2 aromatic heterocycles. The van der Waals surface area contributed by atoms with Crippen LogP contribution in [0.2, 0.25) is 0 Å². The molecule has 3 N–H and O–H groups in total. The molecule has 0 fully saturated rings. The van der Waals surface area contributed by atoms with E-state index in [4.69, 9.17) is 5.73 Å². The van der Waals surface area contributed by atoms with Crippen LogP contribution >= 0.6 is 11.8 Å². The molecule has 0 amide bonds. The quantitative estimate of drug-likeness (QED) is 0.565. The summed E-state index contributed by atoms with van der Waals surface area (Å²) < 4.78 is 1.59. The molecule has 0 bridgehead atoms. The van der Waals surface area contributed by atoms with E-state index in [-0.39, 0.29) is 11.7 Å². The topological polar surface area (TPSA) is 102 Å². The standard InChI is InChI=1S/C13H14N6OS/c1-7(2)19-12(20)17-18-13(19)21-11-9-5-8(14)3-4-10(9)15-6-16-11/h3-7H,14H2,1-2H3,(H,17,20). The fraction of sp³-hybridized carbons (Fsp3) is 0.231. The van der Waals surface area contributed by atoms with E-state index >= 15 is 0 Å². The van der Waals surface area contributed by atoms with Crippen molar-refractivity contribution in [2.75, 3.05) is 5.73 Å². The average molecular weight is 302 g/mol. The number of benzene rings is 1. The van der Waals surface area contributed by atoms with Crippen LogP contribution in [-0.4, -0.2) is 24.7 Å². The van der Waals surface area contributed by atoms with Crippen LogP contribution in [-0.2, 0) is 0 Å². The van der Waals surface area contributed by atoms with Gasteiger partial charge in [-0.05, 0) is 43.8 Å². The molecule has 0 radical (unpaired) electrons. The highest BCUT2D eigenvalue weighted by molar-refractivity contribution is 7.99. The Hall–Kier alpha value is -2.35. The number of anilines is 1. The van der Waals surface area contributed by atoms with Gasteiger partial charge in [0.2, 0.25) is 0 Å². The summed E-state index contributed by atoms with van der Waals surface area (Å²) in [6, 6.07) is 5.47. The van der Waals surface area contributed by atoms with Gasteiger partial charge in [0.05, 0.1) is 5.52 Å². The number of nitrogens with zero attached hydrogens (tertiary/aromatic N) is 4. The first-order chi connectivity index (χ1) is 10.1. The molecule has 21 heavy (non-hydrogen) atoms. The highest BCUT2D eigenvalue weighted by Gasteiger charge is 2.15. The van der Waals surface area contributed by atoms with Crippen LogP contribution in [0.4, 0.5) is 5.69 Å². The van der Waals surface area contributed by atoms with Crippen LogP contribution in [0, 0.1) is 0 Å². The molecule has 0 atom stereocenters. The number of aromatic amines is 1. The fourth-order valence-corrected chi connectivity index (χ4v) is 3.07. The maximum absolute atomic E-state index is 11.8. The molecule has 0 unspecified atom stereocenters. The van der Waals surface area contributed by atoms with Crippen LogP contribution in [0.25, 0.3) is 10.9 Å². The molecule has 1 aromatic carbocycles. The van der Waals surface area contributed by atoms with Gasteiger partial charge >= 0.3 is 5.69 Å². The van der Waals surface area contributed by atoms with Crippen LogP contribution in [0.5, 0.6) is 0 Å². The van der Waals surface area contributed by atoms with Crippen molar-refractivity contribution in [2.45, 2.75) is 30.1 Å². The van der Waals surface area contributed by atoms with Gasteiger partial charge in [-0.2, -0.15) is 0 Å². The molecular weight excluding hydrogens is 288 g/mol.